The van der Waals surface area contributed by atoms with E-state index in [1.54, 1.807) is 12.1 Å². The number of hydrogen-bond donors (Lipinski definition) is 0. The zero-order valence-electron chi connectivity index (χ0n) is 8.97. The lowest BCUT2D eigenvalue weighted by molar-refractivity contribution is 0.321. The van der Waals surface area contributed by atoms with Crippen molar-refractivity contribution in [1.82, 2.24) is 0 Å². The summed E-state index contributed by atoms with van der Waals surface area (Å²) in [5.41, 5.74) is 0. The fourth-order valence-corrected chi connectivity index (χ4v) is 2.11. The van der Waals surface area contributed by atoms with Crippen LogP contribution >= 0.6 is 23.2 Å². The quantitative estimate of drug-likeness (QED) is 0.755. The fourth-order valence-electron chi connectivity index (χ4n) is 1.63. The summed E-state index contributed by atoms with van der Waals surface area (Å²) < 4.78 is 5.66. The van der Waals surface area contributed by atoms with E-state index < -0.39 is 0 Å². The molecule has 2 aromatic rings. The van der Waals surface area contributed by atoms with Crippen LogP contribution in [0.2, 0.25) is 10.0 Å². The number of halogens is 2. The molecule has 0 aromatic heterocycles. The Morgan fingerprint density at radius 2 is 1.81 bits per heavy atom. The highest BCUT2D eigenvalue weighted by atomic mass is 35.5. The summed E-state index contributed by atoms with van der Waals surface area (Å²) in [6.45, 7) is 2.75. The minimum atomic E-state index is 0.672. The molecule has 0 heterocycles. The summed E-state index contributed by atoms with van der Waals surface area (Å²) >= 11 is 12.3. The lowest BCUT2D eigenvalue weighted by atomic mass is 10.1. The van der Waals surface area contributed by atoms with Crippen molar-refractivity contribution < 1.29 is 4.74 Å². The van der Waals surface area contributed by atoms with Gasteiger partial charge in [-0.1, -0.05) is 42.3 Å². The summed E-state index contributed by atoms with van der Waals surface area (Å²) in [6, 6.07) is 9.39. The van der Waals surface area contributed by atoms with Gasteiger partial charge in [-0.25, -0.2) is 0 Å². The zero-order valence-corrected chi connectivity index (χ0v) is 10.5. The van der Waals surface area contributed by atoms with Gasteiger partial charge in [0.25, 0.3) is 0 Å². The topological polar surface area (TPSA) is 9.23 Å². The second kappa shape index (κ2) is 4.94. The van der Waals surface area contributed by atoms with E-state index in [9.17, 15) is 0 Å². The van der Waals surface area contributed by atoms with Crippen molar-refractivity contribution in [2.24, 2.45) is 0 Å². The van der Waals surface area contributed by atoms with Gasteiger partial charge in [-0.15, -0.1) is 0 Å². The molecule has 0 spiro atoms. The molecule has 0 fully saturated rings. The first-order valence-corrected chi connectivity index (χ1v) is 5.99. The van der Waals surface area contributed by atoms with E-state index in [2.05, 4.69) is 6.92 Å². The van der Waals surface area contributed by atoms with E-state index in [1.807, 2.05) is 18.2 Å². The average Bonchev–Trinajstić information content (AvgIpc) is 2.31. The van der Waals surface area contributed by atoms with Crippen LogP contribution in [0, 0.1) is 0 Å². The van der Waals surface area contributed by atoms with Crippen molar-refractivity contribution in [2.45, 2.75) is 13.3 Å². The Bertz CT molecular complexity index is 509. The van der Waals surface area contributed by atoms with Gasteiger partial charge in [0, 0.05) is 15.8 Å². The highest BCUT2D eigenvalue weighted by molar-refractivity contribution is 6.40. The maximum atomic E-state index is 6.17. The van der Waals surface area contributed by atoms with Gasteiger partial charge in [-0.2, -0.15) is 0 Å². The molecular weight excluding hydrogens is 243 g/mol. The van der Waals surface area contributed by atoms with E-state index in [1.165, 1.54) is 0 Å². The second-order valence-corrected chi connectivity index (χ2v) is 4.37. The highest BCUT2D eigenvalue weighted by Gasteiger charge is 2.08. The molecule has 0 radical (unpaired) electrons. The number of ether oxygens (including phenoxy) is 1. The van der Waals surface area contributed by atoms with Crippen LogP contribution in [0.5, 0.6) is 5.75 Å². The van der Waals surface area contributed by atoms with Gasteiger partial charge in [-0.05, 0) is 24.6 Å². The van der Waals surface area contributed by atoms with Crippen molar-refractivity contribution in [3.8, 4) is 5.75 Å². The number of benzene rings is 2. The highest BCUT2D eigenvalue weighted by Crippen LogP contribution is 2.36. The van der Waals surface area contributed by atoms with Crippen LogP contribution in [-0.2, 0) is 0 Å². The maximum absolute atomic E-state index is 6.17. The molecule has 3 heteroatoms. The lowest BCUT2D eigenvalue weighted by Gasteiger charge is -2.10. The van der Waals surface area contributed by atoms with Crippen molar-refractivity contribution in [3.05, 3.63) is 40.4 Å². The third kappa shape index (κ3) is 2.11. The first-order valence-electron chi connectivity index (χ1n) is 5.23. The zero-order chi connectivity index (χ0) is 11.5. The Balaban J connectivity index is 2.61. The molecule has 1 nitrogen and oxygen atoms in total. The smallest absolute Gasteiger partial charge is 0.128 e. The van der Waals surface area contributed by atoms with Gasteiger partial charge in [0.2, 0.25) is 0 Å². The van der Waals surface area contributed by atoms with Gasteiger partial charge in [0.05, 0.1) is 11.6 Å². The largest absolute Gasteiger partial charge is 0.493 e. The van der Waals surface area contributed by atoms with Crippen LogP contribution in [0.1, 0.15) is 13.3 Å². The molecule has 2 aromatic carbocycles. The Kier molecular flexibility index (Phi) is 3.57. The van der Waals surface area contributed by atoms with Gasteiger partial charge in [-0.3, -0.25) is 0 Å². The first-order chi connectivity index (χ1) is 7.74. The van der Waals surface area contributed by atoms with E-state index in [4.69, 9.17) is 27.9 Å². The molecule has 0 amide bonds. The second-order valence-electron chi connectivity index (χ2n) is 3.56. The molecule has 0 saturated heterocycles. The molecule has 0 bridgehead atoms. The summed E-state index contributed by atoms with van der Waals surface area (Å²) in [6.07, 6.45) is 0.967. The summed E-state index contributed by atoms with van der Waals surface area (Å²) in [5.74, 6) is 0.798. The molecule has 0 N–H and O–H groups in total. The Morgan fingerprint density at radius 1 is 1.06 bits per heavy atom. The average molecular weight is 255 g/mol. The van der Waals surface area contributed by atoms with Gasteiger partial charge < -0.3 is 4.74 Å². The first kappa shape index (κ1) is 11.6. The molecule has 0 aliphatic carbocycles. The number of rotatable bonds is 3. The summed E-state index contributed by atoms with van der Waals surface area (Å²) in [7, 11) is 0. The molecule has 2 rings (SSSR count). The van der Waals surface area contributed by atoms with Crippen LogP contribution < -0.4 is 4.74 Å². The van der Waals surface area contributed by atoms with Crippen LogP contribution in [0.3, 0.4) is 0 Å². The molecule has 84 valence electrons. The van der Waals surface area contributed by atoms with E-state index >= 15 is 0 Å². The molecule has 0 saturated carbocycles. The van der Waals surface area contributed by atoms with Crippen molar-refractivity contribution in [2.75, 3.05) is 6.61 Å². The Labute approximate surface area is 105 Å². The maximum Gasteiger partial charge on any atom is 0.128 e. The number of hydrogen-bond acceptors (Lipinski definition) is 1. The molecule has 0 aliphatic rings. The third-order valence-electron chi connectivity index (χ3n) is 2.36. The fraction of sp³-hybridized carbons (Fsp3) is 0.231. The predicted octanol–water partition coefficient (Wildman–Crippen LogP) is 4.94. The van der Waals surface area contributed by atoms with E-state index in [0.717, 1.165) is 22.9 Å². The monoisotopic (exact) mass is 254 g/mol. The predicted molar refractivity (Wildman–Crippen MR) is 69.8 cm³/mol. The summed E-state index contributed by atoms with van der Waals surface area (Å²) in [4.78, 5) is 0. The van der Waals surface area contributed by atoms with Gasteiger partial charge in [0.1, 0.15) is 5.75 Å². The van der Waals surface area contributed by atoms with E-state index in [-0.39, 0.29) is 0 Å². The van der Waals surface area contributed by atoms with Crippen LogP contribution in [-0.4, -0.2) is 6.61 Å². The summed E-state index contributed by atoms with van der Waals surface area (Å²) in [5, 5.41) is 3.19. The number of fused-ring (bicyclic) bond motifs is 1. The third-order valence-corrected chi connectivity index (χ3v) is 3.00. The molecule has 0 aliphatic heterocycles. The van der Waals surface area contributed by atoms with Crippen LogP contribution in [0.4, 0.5) is 0 Å². The minimum Gasteiger partial charge on any atom is -0.493 e. The SMILES string of the molecule is CCCOc1cccc2c(Cl)ccc(Cl)c12. The normalized spacial score (nSPS) is 10.7. The molecule has 0 atom stereocenters. The van der Waals surface area contributed by atoms with E-state index in [0.29, 0.717) is 16.7 Å². The molecule has 16 heavy (non-hydrogen) atoms. The van der Waals surface area contributed by atoms with Gasteiger partial charge in [0.15, 0.2) is 0 Å². The van der Waals surface area contributed by atoms with Crippen molar-refractivity contribution in [1.29, 1.82) is 0 Å². The minimum absolute atomic E-state index is 0.672. The molecule has 0 unspecified atom stereocenters. The standard InChI is InChI=1S/C13H12Cl2O/c1-2-8-16-12-5-3-4-9-10(14)6-7-11(15)13(9)12/h3-7H,2,8H2,1H3. The Hall–Kier alpha value is -0.920. The van der Waals surface area contributed by atoms with Crippen LogP contribution in [0.25, 0.3) is 10.8 Å². The van der Waals surface area contributed by atoms with Crippen molar-refractivity contribution >= 4 is 34.0 Å². The lowest BCUT2D eigenvalue weighted by Crippen LogP contribution is -1.95. The van der Waals surface area contributed by atoms with Crippen molar-refractivity contribution in [3.63, 3.8) is 0 Å². The van der Waals surface area contributed by atoms with Crippen LogP contribution in [0.15, 0.2) is 30.3 Å². The molecular formula is C13H12Cl2O. The Morgan fingerprint density at radius 3 is 2.56 bits per heavy atom. The van der Waals surface area contributed by atoms with Gasteiger partial charge >= 0.3 is 0 Å².